The topological polar surface area (TPSA) is 78.5 Å². The summed E-state index contributed by atoms with van der Waals surface area (Å²) in [5, 5.41) is 4.38. The molecule has 2 N–H and O–H groups in total. The summed E-state index contributed by atoms with van der Waals surface area (Å²) in [4.78, 5) is 37.4. The molecule has 0 saturated carbocycles. The number of imide groups is 1. The first-order chi connectivity index (χ1) is 13.1. The second kappa shape index (κ2) is 6.95. The molecule has 1 aliphatic rings. The summed E-state index contributed by atoms with van der Waals surface area (Å²) < 4.78 is 53.9. The number of rotatable bonds is 4. The van der Waals surface area contributed by atoms with Gasteiger partial charge in [-0.15, -0.1) is 0 Å². The molecular weight excluding hydrogens is 382 g/mol. The van der Waals surface area contributed by atoms with E-state index in [-0.39, 0.29) is 5.69 Å². The van der Waals surface area contributed by atoms with Crippen LogP contribution in [0, 0.1) is 23.3 Å². The molecule has 10 heteroatoms. The minimum Gasteiger partial charge on any atom is -0.324 e. The van der Waals surface area contributed by atoms with E-state index in [4.69, 9.17) is 0 Å². The second-order valence-electron chi connectivity index (χ2n) is 6.28. The van der Waals surface area contributed by atoms with E-state index in [1.54, 1.807) is 0 Å². The van der Waals surface area contributed by atoms with Gasteiger partial charge in [0.2, 0.25) is 5.91 Å². The number of carbonyl (C=O) groups excluding carboxylic acids is 3. The Bertz CT molecular complexity index is 978. The molecule has 2 aromatic carbocycles. The van der Waals surface area contributed by atoms with Crippen LogP contribution in [-0.2, 0) is 15.1 Å². The van der Waals surface area contributed by atoms with Crippen molar-refractivity contribution in [2.24, 2.45) is 0 Å². The van der Waals surface area contributed by atoms with Crippen molar-refractivity contribution in [3.63, 3.8) is 0 Å². The highest BCUT2D eigenvalue weighted by Gasteiger charge is 2.50. The van der Waals surface area contributed by atoms with Crippen molar-refractivity contribution in [3.05, 3.63) is 65.2 Å². The van der Waals surface area contributed by atoms with Gasteiger partial charge in [-0.25, -0.2) is 22.4 Å². The number of carbonyl (C=O) groups is 3. The molecule has 1 atom stereocenters. The molecule has 28 heavy (non-hydrogen) atoms. The SMILES string of the molecule is CC1(c2cc(F)ccc2F)NC(=O)N(CC(=O)Nc2cc(F)cc(F)c2)C1=O. The van der Waals surface area contributed by atoms with Crippen LogP contribution in [0.5, 0.6) is 0 Å². The molecule has 0 aliphatic carbocycles. The number of benzene rings is 2. The monoisotopic (exact) mass is 395 g/mol. The number of hydrogen-bond acceptors (Lipinski definition) is 3. The maximum Gasteiger partial charge on any atom is 0.325 e. The van der Waals surface area contributed by atoms with E-state index in [0.717, 1.165) is 30.3 Å². The van der Waals surface area contributed by atoms with Crippen molar-refractivity contribution in [1.82, 2.24) is 10.2 Å². The van der Waals surface area contributed by atoms with Gasteiger partial charge in [0.25, 0.3) is 5.91 Å². The van der Waals surface area contributed by atoms with Gasteiger partial charge in [0.05, 0.1) is 0 Å². The lowest BCUT2D eigenvalue weighted by Crippen LogP contribution is -2.42. The highest BCUT2D eigenvalue weighted by atomic mass is 19.1. The Kier molecular flexibility index (Phi) is 4.80. The van der Waals surface area contributed by atoms with E-state index in [2.05, 4.69) is 10.6 Å². The van der Waals surface area contributed by atoms with Crippen molar-refractivity contribution in [3.8, 4) is 0 Å². The molecule has 0 aromatic heterocycles. The number of urea groups is 1. The number of amides is 4. The van der Waals surface area contributed by atoms with Crippen molar-refractivity contribution in [1.29, 1.82) is 0 Å². The Balaban J connectivity index is 1.80. The molecule has 0 spiro atoms. The number of hydrogen-bond donors (Lipinski definition) is 2. The summed E-state index contributed by atoms with van der Waals surface area (Å²) >= 11 is 0. The van der Waals surface area contributed by atoms with Gasteiger partial charge in [-0.05, 0) is 37.3 Å². The highest BCUT2D eigenvalue weighted by Crippen LogP contribution is 2.31. The summed E-state index contributed by atoms with van der Waals surface area (Å²) in [6, 6.07) is 3.73. The van der Waals surface area contributed by atoms with Crippen LogP contribution in [0.1, 0.15) is 12.5 Å². The number of nitrogens with one attached hydrogen (secondary N) is 2. The van der Waals surface area contributed by atoms with Crippen LogP contribution in [0.2, 0.25) is 0 Å². The molecule has 4 amide bonds. The van der Waals surface area contributed by atoms with E-state index in [1.165, 1.54) is 6.92 Å². The zero-order chi connectivity index (χ0) is 20.6. The van der Waals surface area contributed by atoms with Gasteiger partial charge in [-0.2, -0.15) is 0 Å². The van der Waals surface area contributed by atoms with Crippen molar-refractivity contribution >= 4 is 23.5 Å². The molecule has 1 heterocycles. The molecule has 2 aromatic rings. The molecule has 0 radical (unpaired) electrons. The van der Waals surface area contributed by atoms with Crippen LogP contribution in [0.15, 0.2) is 36.4 Å². The van der Waals surface area contributed by atoms with Crippen LogP contribution in [-0.4, -0.2) is 29.3 Å². The van der Waals surface area contributed by atoms with Gasteiger partial charge in [-0.1, -0.05) is 0 Å². The first-order valence-corrected chi connectivity index (χ1v) is 7.96. The zero-order valence-corrected chi connectivity index (χ0v) is 14.4. The zero-order valence-electron chi connectivity index (χ0n) is 14.4. The largest absolute Gasteiger partial charge is 0.325 e. The van der Waals surface area contributed by atoms with Crippen molar-refractivity contribution in [2.45, 2.75) is 12.5 Å². The van der Waals surface area contributed by atoms with Crippen molar-refractivity contribution in [2.75, 3.05) is 11.9 Å². The maximum absolute atomic E-state index is 14.1. The molecule has 3 rings (SSSR count). The van der Waals surface area contributed by atoms with Gasteiger partial charge in [0, 0.05) is 17.3 Å². The predicted octanol–water partition coefficient (Wildman–Crippen LogP) is 2.65. The molecule has 146 valence electrons. The average molecular weight is 395 g/mol. The fourth-order valence-corrected chi connectivity index (χ4v) is 2.87. The lowest BCUT2D eigenvalue weighted by Gasteiger charge is -2.22. The highest BCUT2D eigenvalue weighted by molar-refractivity contribution is 6.10. The Labute approximate surface area is 156 Å². The summed E-state index contributed by atoms with van der Waals surface area (Å²) in [5.74, 6) is -5.50. The molecule has 1 fully saturated rings. The minimum absolute atomic E-state index is 0.214. The van der Waals surface area contributed by atoms with Crippen LogP contribution >= 0.6 is 0 Å². The smallest absolute Gasteiger partial charge is 0.324 e. The molecule has 1 unspecified atom stereocenters. The summed E-state index contributed by atoms with van der Waals surface area (Å²) in [5.41, 5.74) is -2.54. The molecule has 1 aliphatic heterocycles. The molecule has 0 bridgehead atoms. The third-order valence-electron chi connectivity index (χ3n) is 4.19. The fraction of sp³-hybridized carbons (Fsp3) is 0.167. The number of halogens is 4. The summed E-state index contributed by atoms with van der Waals surface area (Å²) in [6.45, 7) is 0.375. The quantitative estimate of drug-likeness (QED) is 0.617. The van der Waals surface area contributed by atoms with Crippen LogP contribution < -0.4 is 10.6 Å². The van der Waals surface area contributed by atoms with Crippen molar-refractivity contribution < 1.29 is 31.9 Å². The maximum atomic E-state index is 14.1. The van der Waals surface area contributed by atoms with E-state index >= 15 is 0 Å². The van der Waals surface area contributed by atoms with Crippen LogP contribution in [0.25, 0.3) is 0 Å². The lowest BCUT2D eigenvalue weighted by molar-refractivity contribution is -0.133. The first-order valence-electron chi connectivity index (χ1n) is 7.96. The van der Waals surface area contributed by atoms with Crippen LogP contribution in [0.4, 0.5) is 28.0 Å². The first kappa shape index (κ1) is 19.3. The Hall–Kier alpha value is -3.43. The van der Waals surface area contributed by atoms with Crippen LogP contribution in [0.3, 0.4) is 0 Å². The normalized spacial score (nSPS) is 19.0. The number of anilines is 1. The van der Waals surface area contributed by atoms with Gasteiger partial charge in [0.1, 0.15) is 35.4 Å². The second-order valence-corrected chi connectivity index (χ2v) is 6.28. The Morgan fingerprint density at radius 2 is 1.68 bits per heavy atom. The third-order valence-corrected chi connectivity index (χ3v) is 4.19. The predicted molar refractivity (Wildman–Crippen MR) is 88.9 cm³/mol. The van der Waals surface area contributed by atoms with E-state index in [9.17, 15) is 31.9 Å². The molecular formula is C18H13F4N3O3. The Morgan fingerprint density at radius 3 is 2.32 bits per heavy atom. The fourth-order valence-electron chi connectivity index (χ4n) is 2.87. The standard InChI is InChI=1S/C18H13F4N3O3/c1-18(13-7-9(19)2-3-14(13)22)16(27)25(17(28)24-18)8-15(26)23-12-5-10(20)4-11(21)6-12/h2-7H,8H2,1H3,(H,23,26)(H,24,28). The van der Waals surface area contributed by atoms with Gasteiger partial charge >= 0.3 is 6.03 Å². The van der Waals surface area contributed by atoms with Gasteiger partial charge in [-0.3, -0.25) is 14.5 Å². The average Bonchev–Trinajstić information content (AvgIpc) is 2.80. The molecule has 6 nitrogen and oxygen atoms in total. The molecule has 1 saturated heterocycles. The lowest BCUT2D eigenvalue weighted by atomic mass is 9.91. The summed E-state index contributed by atoms with van der Waals surface area (Å²) in [7, 11) is 0. The Morgan fingerprint density at radius 1 is 1.04 bits per heavy atom. The van der Waals surface area contributed by atoms with E-state index in [0.29, 0.717) is 11.0 Å². The minimum atomic E-state index is -1.92. The number of nitrogens with zero attached hydrogens (tertiary/aromatic N) is 1. The van der Waals surface area contributed by atoms with Gasteiger partial charge < -0.3 is 10.6 Å². The van der Waals surface area contributed by atoms with Gasteiger partial charge in [0.15, 0.2) is 0 Å². The van der Waals surface area contributed by atoms with E-state index < -0.39 is 58.8 Å². The summed E-state index contributed by atoms with van der Waals surface area (Å²) in [6.07, 6.45) is 0. The van der Waals surface area contributed by atoms with E-state index in [1.807, 2.05) is 0 Å². The third kappa shape index (κ3) is 3.53.